The summed E-state index contributed by atoms with van der Waals surface area (Å²) in [6.45, 7) is 0. The fourth-order valence-electron chi connectivity index (χ4n) is 7.21. The SMILES string of the molecule is c1ccc2cc(-c3cc(-c4ccc5ccccc5c4)nc(-c4cccc5c(-c6ccc7c(c6)oc6ccccc67)cccc45)n3)ccc2c1. The minimum atomic E-state index is 0.698. The van der Waals surface area contributed by atoms with Crippen molar-refractivity contribution in [2.24, 2.45) is 0 Å². The van der Waals surface area contributed by atoms with E-state index in [1.165, 1.54) is 21.5 Å². The van der Waals surface area contributed by atoms with E-state index >= 15 is 0 Å². The lowest BCUT2D eigenvalue weighted by atomic mass is 9.94. The highest BCUT2D eigenvalue weighted by molar-refractivity contribution is 6.08. The van der Waals surface area contributed by atoms with E-state index in [4.69, 9.17) is 14.4 Å². The molecule has 2 aromatic heterocycles. The second kappa shape index (κ2) is 11.0. The molecule has 3 heteroatoms. The molecule has 0 atom stereocenters. The highest BCUT2D eigenvalue weighted by Crippen LogP contribution is 2.38. The van der Waals surface area contributed by atoms with Gasteiger partial charge in [-0.15, -0.1) is 0 Å². The lowest BCUT2D eigenvalue weighted by Crippen LogP contribution is -1.97. The van der Waals surface area contributed by atoms with Crippen LogP contribution in [0, 0.1) is 0 Å². The van der Waals surface area contributed by atoms with Gasteiger partial charge in [0.2, 0.25) is 0 Å². The summed E-state index contributed by atoms with van der Waals surface area (Å²) in [5.41, 5.74) is 8.94. The normalized spacial score (nSPS) is 11.7. The van der Waals surface area contributed by atoms with Gasteiger partial charge in [-0.3, -0.25) is 0 Å². The minimum absolute atomic E-state index is 0.698. The summed E-state index contributed by atoms with van der Waals surface area (Å²) >= 11 is 0. The van der Waals surface area contributed by atoms with E-state index in [9.17, 15) is 0 Å². The summed E-state index contributed by atoms with van der Waals surface area (Å²) in [5, 5.41) is 9.28. The molecule has 8 aromatic carbocycles. The Morgan fingerprint density at radius 2 is 0.857 bits per heavy atom. The van der Waals surface area contributed by atoms with Crippen LogP contribution < -0.4 is 0 Å². The summed E-state index contributed by atoms with van der Waals surface area (Å²) in [6.07, 6.45) is 0. The molecule has 10 rings (SSSR count). The summed E-state index contributed by atoms with van der Waals surface area (Å²) in [6, 6.07) is 59.8. The molecule has 0 aliphatic heterocycles. The van der Waals surface area contributed by atoms with Gasteiger partial charge in [0.25, 0.3) is 0 Å². The standard InChI is InChI=1S/C46H28N2O/c1-3-11-31-25-34(21-19-29(31)9-1)42-28-43(35-22-20-30-10-2-4-12-32(30)26-35)48-46(47-42)41-17-8-15-37-36(14-7-16-38(37)41)33-23-24-40-39-13-5-6-18-44(39)49-45(40)27-33/h1-28H. The zero-order valence-electron chi connectivity index (χ0n) is 26.5. The first-order chi connectivity index (χ1) is 24.2. The van der Waals surface area contributed by atoms with E-state index in [0.717, 1.165) is 71.9 Å². The molecule has 49 heavy (non-hydrogen) atoms. The number of hydrogen-bond acceptors (Lipinski definition) is 3. The number of nitrogens with zero attached hydrogens (tertiary/aromatic N) is 2. The fourth-order valence-corrected chi connectivity index (χ4v) is 7.21. The van der Waals surface area contributed by atoms with Crippen molar-refractivity contribution in [3.05, 3.63) is 170 Å². The van der Waals surface area contributed by atoms with Crippen LogP contribution in [-0.4, -0.2) is 9.97 Å². The van der Waals surface area contributed by atoms with Gasteiger partial charge in [0.05, 0.1) is 11.4 Å². The van der Waals surface area contributed by atoms with Crippen molar-refractivity contribution in [2.75, 3.05) is 0 Å². The van der Waals surface area contributed by atoms with Crippen LogP contribution in [0.5, 0.6) is 0 Å². The summed E-state index contributed by atoms with van der Waals surface area (Å²) in [4.78, 5) is 10.5. The molecule has 0 N–H and O–H groups in total. The number of rotatable bonds is 4. The van der Waals surface area contributed by atoms with Crippen molar-refractivity contribution in [3.63, 3.8) is 0 Å². The maximum Gasteiger partial charge on any atom is 0.161 e. The monoisotopic (exact) mass is 624 g/mol. The Hall–Kier alpha value is -6.58. The number of furan rings is 1. The van der Waals surface area contributed by atoms with Crippen molar-refractivity contribution < 1.29 is 4.42 Å². The predicted molar refractivity (Wildman–Crippen MR) is 204 cm³/mol. The first-order valence-corrected chi connectivity index (χ1v) is 16.6. The molecule has 0 bridgehead atoms. The lowest BCUT2D eigenvalue weighted by Gasteiger charge is -2.13. The van der Waals surface area contributed by atoms with Crippen molar-refractivity contribution in [3.8, 4) is 45.0 Å². The third-order valence-corrected chi connectivity index (χ3v) is 9.67. The third kappa shape index (κ3) is 4.67. The molecule has 3 nitrogen and oxygen atoms in total. The minimum Gasteiger partial charge on any atom is -0.456 e. The molecule has 10 aromatic rings. The first kappa shape index (κ1) is 27.5. The van der Waals surface area contributed by atoms with Gasteiger partial charge < -0.3 is 4.42 Å². The van der Waals surface area contributed by atoms with Gasteiger partial charge in [-0.2, -0.15) is 0 Å². The lowest BCUT2D eigenvalue weighted by molar-refractivity contribution is 0.669. The predicted octanol–water partition coefficient (Wildman–Crippen LogP) is 12.5. The van der Waals surface area contributed by atoms with Gasteiger partial charge in [0, 0.05) is 27.5 Å². The molecular formula is C46H28N2O. The van der Waals surface area contributed by atoms with E-state index in [1.54, 1.807) is 0 Å². The Balaban J connectivity index is 1.17. The van der Waals surface area contributed by atoms with Gasteiger partial charge in [-0.25, -0.2) is 9.97 Å². The fraction of sp³-hybridized carbons (Fsp3) is 0. The molecule has 0 radical (unpaired) electrons. The highest BCUT2D eigenvalue weighted by Gasteiger charge is 2.16. The van der Waals surface area contributed by atoms with Gasteiger partial charge in [0.1, 0.15) is 11.2 Å². The van der Waals surface area contributed by atoms with E-state index in [-0.39, 0.29) is 0 Å². The van der Waals surface area contributed by atoms with Crippen LogP contribution in [0.2, 0.25) is 0 Å². The second-order valence-corrected chi connectivity index (χ2v) is 12.6. The van der Waals surface area contributed by atoms with Crippen molar-refractivity contribution in [1.82, 2.24) is 9.97 Å². The summed E-state index contributed by atoms with van der Waals surface area (Å²) < 4.78 is 6.26. The maximum atomic E-state index is 6.26. The van der Waals surface area contributed by atoms with Crippen molar-refractivity contribution in [2.45, 2.75) is 0 Å². The van der Waals surface area contributed by atoms with E-state index < -0.39 is 0 Å². The van der Waals surface area contributed by atoms with E-state index in [0.29, 0.717) is 5.82 Å². The average molecular weight is 625 g/mol. The molecule has 2 heterocycles. The summed E-state index contributed by atoms with van der Waals surface area (Å²) in [7, 11) is 0. The third-order valence-electron chi connectivity index (χ3n) is 9.67. The number of fused-ring (bicyclic) bond motifs is 6. The smallest absolute Gasteiger partial charge is 0.161 e. The van der Waals surface area contributed by atoms with Gasteiger partial charge in [0.15, 0.2) is 5.82 Å². The molecule has 0 fully saturated rings. The number of benzene rings is 8. The molecule has 0 aliphatic rings. The Morgan fingerprint density at radius 3 is 1.55 bits per heavy atom. The average Bonchev–Trinajstić information content (AvgIpc) is 3.55. The van der Waals surface area contributed by atoms with Crippen molar-refractivity contribution >= 4 is 54.3 Å². The molecule has 0 spiro atoms. The largest absolute Gasteiger partial charge is 0.456 e. The van der Waals surface area contributed by atoms with Crippen molar-refractivity contribution in [1.29, 1.82) is 0 Å². The molecule has 0 saturated heterocycles. The maximum absolute atomic E-state index is 6.26. The first-order valence-electron chi connectivity index (χ1n) is 16.6. The number of hydrogen-bond donors (Lipinski definition) is 0. The van der Waals surface area contributed by atoms with Gasteiger partial charge in [-0.1, -0.05) is 133 Å². The zero-order valence-corrected chi connectivity index (χ0v) is 26.5. The van der Waals surface area contributed by atoms with Gasteiger partial charge >= 0.3 is 0 Å². The van der Waals surface area contributed by atoms with Crippen LogP contribution >= 0.6 is 0 Å². The molecule has 228 valence electrons. The molecule has 0 saturated carbocycles. The molecular weight excluding hydrogens is 597 g/mol. The van der Waals surface area contributed by atoms with Crippen LogP contribution in [-0.2, 0) is 0 Å². The van der Waals surface area contributed by atoms with Crippen LogP contribution in [0.1, 0.15) is 0 Å². The Labute approximate surface area is 282 Å². The number of para-hydroxylation sites is 1. The topological polar surface area (TPSA) is 38.9 Å². The second-order valence-electron chi connectivity index (χ2n) is 12.6. The number of aromatic nitrogens is 2. The Kier molecular flexibility index (Phi) is 6.18. The molecule has 0 amide bonds. The Bertz CT molecular complexity index is 2800. The van der Waals surface area contributed by atoms with Crippen LogP contribution in [0.25, 0.3) is 99.3 Å². The molecule has 0 unspecified atom stereocenters. The summed E-state index contributed by atoms with van der Waals surface area (Å²) in [5.74, 6) is 0.698. The van der Waals surface area contributed by atoms with E-state index in [1.807, 2.05) is 12.1 Å². The van der Waals surface area contributed by atoms with Crippen LogP contribution in [0.15, 0.2) is 174 Å². The van der Waals surface area contributed by atoms with E-state index in [2.05, 4.69) is 158 Å². The quantitative estimate of drug-likeness (QED) is 0.196. The van der Waals surface area contributed by atoms with Crippen LogP contribution in [0.3, 0.4) is 0 Å². The zero-order chi connectivity index (χ0) is 32.3. The van der Waals surface area contributed by atoms with Gasteiger partial charge in [-0.05, 0) is 79.8 Å². The highest BCUT2D eigenvalue weighted by atomic mass is 16.3. The molecule has 0 aliphatic carbocycles. The Morgan fingerprint density at radius 1 is 0.327 bits per heavy atom. The van der Waals surface area contributed by atoms with Crippen LogP contribution in [0.4, 0.5) is 0 Å².